The highest BCUT2D eigenvalue weighted by molar-refractivity contribution is 5.97. The lowest BCUT2D eigenvalue weighted by Gasteiger charge is -2.26. The van der Waals surface area contributed by atoms with E-state index in [1.807, 2.05) is 18.2 Å². The number of phenolic OH excluding ortho intramolecular Hbond substituents is 1. The Kier molecular flexibility index (Phi) is 5.76. The van der Waals surface area contributed by atoms with Gasteiger partial charge in [-0.2, -0.15) is 0 Å². The van der Waals surface area contributed by atoms with Crippen LogP contribution < -0.4 is 10.2 Å². The summed E-state index contributed by atoms with van der Waals surface area (Å²) < 4.78 is 5.44. The van der Waals surface area contributed by atoms with Crippen LogP contribution in [0.15, 0.2) is 53.3 Å². The fraction of sp³-hybridized carbons (Fsp3) is 0.333. The van der Waals surface area contributed by atoms with Gasteiger partial charge in [-0.1, -0.05) is 42.8 Å². The first-order chi connectivity index (χ1) is 14.1. The van der Waals surface area contributed by atoms with E-state index in [-0.39, 0.29) is 28.3 Å². The number of carbonyl (C=O) groups excluding carboxylic acids is 1. The number of hydrogen-bond acceptors (Lipinski definition) is 5. The van der Waals surface area contributed by atoms with Gasteiger partial charge in [0.2, 0.25) is 0 Å². The van der Waals surface area contributed by atoms with Gasteiger partial charge in [-0.05, 0) is 55.7 Å². The van der Waals surface area contributed by atoms with Gasteiger partial charge in [-0.25, -0.2) is 0 Å². The van der Waals surface area contributed by atoms with E-state index in [1.165, 1.54) is 25.3 Å². The van der Waals surface area contributed by atoms with Gasteiger partial charge >= 0.3 is 5.97 Å². The number of rotatable bonds is 5. The van der Waals surface area contributed by atoms with Crippen LogP contribution in [0, 0.1) is 0 Å². The second-order valence-corrected chi connectivity index (χ2v) is 7.64. The van der Waals surface area contributed by atoms with Gasteiger partial charge < -0.3 is 14.7 Å². The van der Waals surface area contributed by atoms with E-state index in [9.17, 15) is 14.7 Å². The molecule has 1 aliphatic heterocycles. The maximum atomic E-state index is 12.9. The zero-order valence-electron chi connectivity index (χ0n) is 16.4. The molecule has 4 rings (SSSR count). The number of piperidine rings is 1. The molecule has 29 heavy (non-hydrogen) atoms. The molecule has 3 aromatic rings. The van der Waals surface area contributed by atoms with Gasteiger partial charge in [0.15, 0.2) is 5.43 Å². The molecule has 0 unspecified atom stereocenters. The summed E-state index contributed by atoms with van der Waals surface area (Å²) >= 11 is 0. The number of carbonyl (C=O) groups is 1. The van der Waals surface area contributed by atoms with Crippen molar-refractivity contribution in [1.29, 1.82) is 0 Å². The van der Waals surface area contributed by atoms with E-state index in [0.717, 1.165) is 31.4 Å². The molecular formula is C24H25NO4. The third-order valence-corrected chi connectivity index (χ3v) is 5.53. The van der Waals surface area contributed by atoms with Crippen molar-refractivity contribution < 1.29 is 14.6 Å². The molecule has 1 N–H and O–H groups in total. The van der Waals surface area contributed by atoms with Gasteiger partial charge in [-0.3, -0.25) is 9.59 Å². The first-order valence-corrected chi connectivity index (χ1v) is 10.2. The summed E-state index contributed by atoms with van der Waals surface area (Å²) in [6.45, 7) is 3.12. The molecule has 1 fully saturated rings. The fourth-order valence-corrected chi connectivity index (χ4v) is 4.04. The molecule has 0 atom stereocenters. The molecule has 1 heterocycles. The van der Waals surface area contributed by atoms with Crippen LogP contribution in [0.5, 0.6) is 11.5 Å². The Morgan fingerprint density at radius 3 is 2.59 bits per heavy atom. The highest BCUT2D eigenvalue weighted by Crippen LogP contribution is 2.29. The Morgan fingerprint density at radius 2 is 1.76 bits per heavy atom. The standard InChI is InChI=1S/C24H25NO4/c26-21-16-19(29-22(27)9-6-14-25-12-4-1-5-13-25)15-18-11-10-17-7-2-3-8-20(17)24(28)23(18)21/h2-3,7-8,10-11,15-16,26H,1,4-6,9,12-14H2. The van der Waals surface area contributed by atoms with Gasteiger partial charge in [0.05, 0.1) is 5.39 Å². The largest absolute Gasteiger partial charge is 0.507 e. The van der Waals surface area contributed by atoms with Crippen molar-refractivity contribution in [2.75, 3.05) is 19.6 Å². The lowest BCUT2D eigenvalue weighted by atomic mass is 10.1. The minimum Gasteiger partial charge on any atom is -0.507 e. The maximum Gasteiger partial charge on any atom is 0.311 e. The molecule has 5 nitrogen and oxygen atoms in total. The van der Waals surface area contributed by atoms with E-state index in [4.69, 9.17) is 4.74 Å². The number of aromatic hydroxyl groups is 1. The highest BCUT2D eigenvalue weighted by atomic mass is 16.5. The number of ether oxygens (including phenoxy) is 1. The Morgan fingerprint density at radius 1 is 1.00 bits per heavy atom. The Balaban J connectivity index is 1.51. The smallest absolute Gasteiger partial charge is 0.311 e. The molecular weight excluding hydrogens is 366 g/mol. The number of phenols is 1. The topological polar surface area (TPSA) is 66.8 Å². The quantitative estimate of drug-likeness (QED) is 0.521. The van der Waals surface area contributed by atoms with Crippen LogP contribution in [-0.2, 0) is 4.79 Å². The average molecular weight is 391 g/mol. The van der Waals surface area contributed by atoms with E-state index < -0.39 is 0 Å². The van der Waals surface area contributed by atoms with E-state index >= 15 is 0 Å². The van der Waals surface area contributed by atoms with E-state index in [2.05, 4.69) is 4.90 Å². The molecule has 0 aliphatic carbocycles. The Labute approximate surface area is 169 Å². The molecule has 150 valence electrons. The Bertz CT molecular complexity index is 1100. The molecule has 0 spiro atoms. The van der Waals surface area contributed by atoms with Gasteiger partial charge in [0.25, 0.3) is 0 Å². The summed E-state index contributed by atoms with van der Waals surface area (Å²) in [7, 11) is 0. The number of hydrogen-bond donors (Lipinski definition) is 1. The van der Waals surface area contributed by atoms with Crippen LogP contribution in [0.25, 0.3) is 21.5 Å². The molecule has 5 heteroatoms. The van der Waals surface area contributed by atoms with Gasteiger partial charge in [0.1, 0.15) is 11.5 Å². The van der Waals surface area contributed by atoms with E-state index in [1.54, 1.807) is 24.3 Å². The van der Waals surface area contributed by atoms with Gasteiger partial charge in [0, 0.05) is 17.9 Å². The van der Waals surface area contributed by atoms with Crippen molar-refractivity contribution in [1.82, 2.24) is 4.90 Å². The van der Waals surface area contributed by atoms with Crippen molar-refractivity contribution in [3.8, 4) is 11.5 Å². The second-order valence-electron chi connectivity index (χ2n) is 7.64. The normalized spacial score (nSPS) is 14.9. The fourth-order valence-electron chi connectivity index (χ4n) is 4.04. The van der Waals surface area contributed by atoms with Crippen LogP contribution in [0.1, 0.15) is 32.1 Å². The summed E-state index contributed by atoms with van der Waals surface area (Å²) in [5.74, 6) is -0.244. The maximum absolute atomic E-state index is 12.9. The number of nitrogens with zero attached hydrogens (tertiary/aromatic N) is 1. The second kappa shape index (κ2) is 8.62. The Hall–Kier alpha value is -2.92. The number of fused-ring (bicyclic) bond motifs is 2. The average Bonchev–Trinajstić information content (AvgIpc) is 2.86. The number of likely N-dealkylation sites (tertiary alicyclic amines) is 1. The summed E-state index contributed by atoms with van der Waals surface area (Å²) in [4.78, 5) is 27.5. The zero-order valence-corrected chi connectivity index (χ0v) is 16.4. The summed E-state index contributed by atoms with van der Waals surface area (Å²) in [6.07, 6.45) is 4.84. The van der Waals surface area contributed by atoms with Crippen molar-refractivity contribution in [3.05, 3.63) is 58.8 Å². The highest BCUT2D eigenvalue weighted by Gasteiger charge is 2.13. The first-order valence-electron chi connectivity index (χ1n) is 10.2. The lowest BCUT2D eigenvalue weighted by molar-refractivity contribution is -0.134. The number of benzene rings is 2. The van der Waals surface area contributed by atoms with Crippen molar-refractivity contribution in [2.24, 2.45) is 0 Å². The van der Waals surface area contributed by atoms with Crippen molar-refractivity contribution in [3.63, 3.8) is 0 Å². The third-order valence-electron chi connectivity index (χ3n) is 5.53. The van der Waals surface area contributed by atoms with Gasteiger partial charge in [-0.15, -0.1) is 0 Å². The monoisotopic (exact) mass is 391 g/mol. The van der Waals surface area contributed by atoms with Crippen LogP contribution in [0.4, 0.5) is 0 Å². The molecule has 1 saturated heterocycles. The third kappa shape index (κ3) is 4.40. The molecule has 3 aromatic carbocycles. The summed E-state index contributed by atoms with van der Waals surface area (Å²) in [6, 6.07) is 13.9. The van der Waals surface area contributed by atoms with Crippen LogP contribution in [0.3, 0.4) is 0 Å². The van der Waals surface area contributed by atoms with E-state index in [0.29, 0.717) is 17.2 Å². The van der Waals surface area contributed by atoms with Crippen LogP contribution in [-0.4, -0.2) is 35.6 Å². The number of esters is 1. The SMILES string of the molecule is O=C(CCCN1CCCCC1)Oc1cc(O)c2c(=O)c3ccccc3ccc2c1. The molecule has 0 aromatic heterocycles. The summed E-state index contributed by atoms with van der Waals surface area (Å²) in [5.41, 5.74) is -0.238. The molecule has 0 bridgehead atoms. The molecule has 0 amide bonds. The predicted octanol–water partition coefficient (Wildman–Crippen LogP) is 4.23. The molecule has 0 saturated carbocycles. The zero-order chi connectivity index (χ0) is 20.2. The lowest BCUT2D eigenvalue weighted by Crippen LogP contribution is -2.31. The van der Waals surface area contributed by atoms with Crippen molar-refractivity contribution >= 4 is 27.5 Å². The van der Waals surface area contributed by atoms with Crippen LogP contribution >= 0.6 is 0 Å². The minimum atomic E-state index is -0.325. The molecule has 1 aliphatic rings. The minimum absolute atomic E-state index is 0.176. The van der Waals surface area contributed by atoms with Crippen LogP contribution in [0.2, 0.25) is 0 Å². The molecule has 0 radical (unpaired) electrons. The predicted molar refractivity (Wildman–Crippen MR) is 115 cm³/mol. The summed E-state index contributed by atoms with van der Waals surface area (Å²) in [5, 5.41) is 12.6. The van der Waals surface area contributed by atoms with Crippen molar-refractivity contribution in [2.45, 2.75) is 32.1 Å². The first kappa shape index (κ1) is 19.4.